The lowest BCUT2D eigenvalue weighted by Gasteiger charge is -2.24. The van der Waals surface area contributed by atoms with Crippen LogP contribution in [0.2, 0.25) is 0 Å². The summed E-state index contributed by atoms with van der Waals surface area (Å²) in [5.74, 6) is -2.21. The van der Waals surface area contributed by atoms with Crippen LogP contribution in [0.5, 0.6) is 0 Å². The van der Waals surface area contributed by atoms with Gasteiger partial charge in [-0.25, -0.2) is 14.4 Å². The Morgan fingerprint density at radius 3 is 1.68 bits per heavy atom. The summed E-state index contributed by atoms with van der Waals surface area (Å²) >= 11 is 0. The molecule has 2 aromatic rings. The molecule has 0 saturated carbocycles. The van der Waals surface area contributed by atoms with Crippen molar-refractivity contribution in [1.29, 1.82) is 0 Å². The largest absolute Gasteiger partial charge is 0.466 e. The van der Waals surface area contributed by atoms with E-state index in [-0.39, 0.29) is 26.4 Å². The van der Waals surface area contributed by atoms with Crippen LogP contribution in [0.3, 0.4) is 0 Å². The molecule has 2 rings (SSSR count). The lowest BCUT2D eigenvalue weighted by atomic mass is 10.1. The second kappa shape index (κ2) is 17.4. The molecule has 0 amide bonds. The normalized spacial score (nSPS) is 13.0. The van der Waals surface area contributed by atoms with Crippen LogP contribution in [-0.4, -0.2) is 50.4 Å². The maximum absolute atomic E-state index is 13.1. The third kappa shape index (κ3) is 11.5. The molecule has 0 N–H and O–H groups in total. The number of ether oxygens (including phenoxy) is 5. The highest BCUT2D eigenvalue weighted by molar-refractivity contribution is 5.86. The van der Waals surface area contributed by atoms with Crippen molar-refractivity contribution in [1.82, 2.24) is 0 Å². The van der Waals surface area contributed by atoms with Gasteiger partial charge < -0.3 is 23.7 Å². The van der Waals surface area contributed by atoms with Crippen molar-refractivity contribution in [3.63, 3.8) is 0 Å². The van der Waals surface area contributed by atoms with Gasteiger partial charge in [-0.1, -0.05) is 78.9 Å². The van der Waals surface area contributed by atoms with E-state index in [1.54, 1.807) is 18.2 Å². The Hall–Kier alpha value is -4.01. The van der Waals surface area contributed by atoms with Crippen LogP contribution in [0.15, 0.2) is 97.1 Å². The van der Waals surface area contributed by atoms with Crippen LogP contribution in [-0.2, 0) is 51.3 Å². The van der Waals surface area contributed by atoms with Crippen LogP contribution < -0.4 is 0 Å². The van der Waals surface area contributed by atoms with Gasteiger partial charge in [-0.05, 0) is 30.2 Å². The van der Waals surface area contributed by atoms with Gasteiger partial charge in [-0.2, -0.15) is 0 Å². The van der Waals surface area contributed by atoms with Crippen LogP contribution >= 0.6 is 0 Å². The summed E-state index contributed by atoms with van der Waals surface area (Å²) < 4.78 is 26.9. The molecule has 37 heavy (non-hydrogen) atoms. The molecule has 0 saturated heterocycles. The van der Waals surface area contributed by atoms with E-state index in [0.717, 1.165) is 17.2 Å². The van der Waals surface area contributed by atoms with E-state index in [1.165, 1.54) is 13.2 Å². The lowest BCUT2D eigenvalue weighted by Crippen LogP contribution is -2.45. The summed E-state index contributed by atoms with van der Waals surface area (Å²) in [7, 11) is 1.24. The van der Waals surface area contributed by atoms with Crippen molar-refractivity contribution in [2.45, 2.75) is 32.3 Å². The molecule has 0 unspecified atom stereocenters. The summed E-state index contributed by atoms with van der Waals surface area (Å²) in [6.07, 6.45) is 6.63. The van der Waals surface area contributed by atoms with Gasteiger partial charge in [0.05, 0.1) is 20.3 Å². The highest BCUT2D eigenvalue weighted by Gasteiger charge is 2.38. The highest BCUT2D eigenvalue weighted by atomic mass is 16.6. The number of carbonyl (C=O) groups is 3. The first-order valence-electron chi connectivity index (χ1n) is 11.7. The number of hydrogen-bond donors (Lipinski definition) is 0. The molecular formula is C29H32O8. The van der Waals surface area contributed by atoms with E-state index >= 15 is 0 Å². The number of methoxy groups -OCH3 is 1. The molecule has 0 spiro atoms. The van der Waals surface area contributed by atoms with Crippen molar-refractivity contribution < 1.29 is 38.1 Å². The molecule has 8 nitrogen and oxygen atoms in total. The maximum atomic E-state index is 13.1. The topological polar surface area (TPSA) is 97.4 Å². The number of benzene rings is 2. The molecular weight excluding hydrogens is 476 g/mol. The highest BCUT2D eigenvalue weighted by Crippen LogP contribution is 2.15. The molecule has 2 atom stereocenters. The Morgan fingerprint density at radius 1 is 0.730 bits per heavy atom. The molecule has 196 valence electrons. The first kappa shape index (κ1) is 29.2. The number of rotatable bonds is 15. The molecule has 0 fully saturated rings. The van der Waals surface area contributed by atoms with Crippen molar-refractivity contribution in [3.8, 4) is 0 Å². The Morgan fingerprint density at radius 2 is 1.22 bits per heavy atom. The van der Waals surface area contributed by atoms with E-state index in [4.69, 9.17) is 18.9 Å². The predicted octanol–water partition coefficient (Wildman–Crippen LogP) is 4.11. The van der Waals surface area contributed by atoms with Crippen molar-refractivity contribution in [3.05, 3.63) is 108 Å². The van der Waals surface area contributed by atoms with E-state index in [0.29, 0.717) is 0 Å². The lowest BCUT2D eigenvalue weighted by molar-refractivity contribution is -0.184. The third-order valence-corrected chi connectivity index (χ3v) is 4.82. The van der Waals surface area contributed by atoms with Crippen LogP contribution in [0, 0.1) is 0 Å². The van der Waals surface area contributed by atoms with Gasteiger partial charge in [0, 0.05) is 6.08 Å². The van der Waals surface area contributed by atoms with E-state index < -0.39 is 30.1 Å². The first-order valence-corrected chi connectivity index (χ1v) is 11.7. The van der Waals surface area contributed by atoms with Gasteiger partial charge in [0.25, 0.3) is 0 Å². The summed E-state index contributed by atoms with van der Waals surface area (Å²) in [6.45, 7) is 1.68. The molecule has 0 heterocycles. The molecule has 0 aliphatic heterocycles. The van der Waals surface area contributed by atoms with Gasteiger partial charge in [-0.3, -0.25) is 0 Å². The standard InChI is InChI=1S/C29H32O8/c1-3-4-5-12-19-34-28(31)26(36-21-23-14-8-6-9-15-23)27(37-22-24-16-10-7-11-17-24)29(32)35-20-13-18-25(30)33-2/h3-18,26-27H,19-22H2,1-2H3/b4-3+,12-5+,18-13+/t26-,27-/m1/s1. The number of hydrogen-bond acceptors (Lipinski definition) is 8. The second-order valence-electron chi connectivity index (χ2n) is 7.57. The zero-order valence-electron chi connectivity index (χ0n) is 21.0. The average Bonchev–Trinajstić information content (AvgIpc) is 2.93. The Balaban J connectivity index is 2.22. The fourth-order valence-electron chi connectivity index (χ4n) is 2.96. The second-order valence-corrected chi connectivity index (χ2v) is 7.57. The summed E-state index contributed by atoms with van der Waals surface area (Å²) in [4.78, 5) is 37.4. The summed E-state index contributed by atoms with van der Waals surface area (Å²) in [5, 5.41) is 0. The van der Waals surface area contributed by atoms with Crippen molar-refractivity contribution in [2.24, 2.45) is 0 Å². The van der Waals surface area contributed by atoms with E-state index in [9.17, 15) is 14.4 Å². The van der Waals surface area contributed by atoms with Crippen LogP contribution in [0.1, 0.15) is 18.1 Å². The molecule has 0 radical (unpaired) electrons. The third-order valence-electron chi connectivity index (χ3n) is 4.82. The van der Waals surface area contributed by atoms with Crippen LogP contribution in [0.4, 0.5) is 0 Å². The minimum absolute atomic E-state index is 0.0172. The molecule has 8 heteroatoms. The smallest absolute Gasteiger partial charge is 0.338 e. The molecule has 0 aromatic heterocycles. The molecule has 0 aliphatic carbocycles. The van der Waals surface area contributed by atoms with E-state index in [1.807, 2.05) is 73.7 Å². The maximum Gasteiger partial charge on any atom is 0.338 e. The molecule has 0 aliphatic rings. The quantitative estimate of drug-likeness (QED) is 0.154. The fraction of sp³-hybridized carbons (Fsp3) is 0.276. The molecule has 2 aromatic carbocycles. The summed E-state index contributed by atoms with van der Waals surface area (Å²) in [5.41, 5.74) is 1.58. The predicted molar refractivity (Wildman–Crippen MR) is 137 cm³/mol. The monoisotopic (exact) mass is 508 g/mol. The van der Waals surface area contributed by atoms with Crippen molar-refractivity contribution >= 4 is 17.9 Å². The number of esters is 3. The van der Waals surface area contributed by atoms with Gasteiger partial charge in [0.2, 0.25) is 0 Å². The van der Waals surface area contributed by atoms with Gasteiger partial charge in [0.15, 0.2) is 12.2 Å². The van der Waals surface area contributed by atoms with E-state index in [2.05, 4.69) is 4.74 Å². The van der Waals surface area contributed by atoms with Gasteiger partial charge >= 0.3 is 17.9 Å². The molecule has 0 bridgehead atoms. The average molecular weight is 509 g/mol. The van der Waals surface area contributed by atoms with Crippen LogP contribution in [0.25, 0.3) is 0 Å². The zero-order valence-corrected chi connectivity index (χ0v) is 21.0. The summed E-state index contributed by atoms with van der Waals surface area (Å²) in [6, 6.07) is 18.4. The van der Waals surface area contributed by atoms with Gasteiger partial charge in [0.1, 0.15) is 13.2 Å². The first-order chi connectivity index (χ1) is 18.0. The fourth-order valence-corrected chi connectivity index (χ4v) is 2.96. The Kier molecular flexibility index (Phi) is 13.8. The number of carbonyl (C=O) groups excluding carboxylic acids is 3. The SMILES string of the molecule is C/C=C/C=C/COC(=O)[C@H](OCc1ccccc1)[C@@H](OCc1ccccc1)C(=O)OC/C=C/C(=O)OC. The minimum Gasteiger partial charge on any atom is -0.466 e. The number of allylic oxidation sites excluding steroid dienone is 3. The van der Waals surface area contributed by atoms with Crippen molar-refractivity contribution in [2.75, 3.05) is 20.3 Å². The van der Waals surface area contributed by atoms with Gasteiger partial charge in [-0.15, -0.1) is 0 Å². The minimum atomic E-state index is -1.43. The Labute approximate surface area is 217 Å². The Bertz CT molecular complexity index is 1040. The zero-order chi connectivity index (χ0) is 26.7.